The molecule has 64 valence electrons. The zero-order valence-corrected chi connectivity index (χ0v) is 6.91. The predicted molar refractivity (Wildman–Crippen MR) is 41.0 cm³/mol. The number of carbonyl (C=O) groups is 1. The largest absolute Gasteiger partial charge is 0.464 e. The molecule has 5 nitrogen and oxygen atoms in total. The molecule has 0 saturated carbocycles. The molecule has 1 atom stereocenters. The molecular formula is C5H10N2O3S. The Morgan fingerprint density at radius 2 is 2.45 bits per heavy atom. The summed E-state index contributed by atoms with van der Waals surface area (Å²) in [7, 11) is 1.79. The average Bonchev–Trinajstić information content (AvgIpc) is 2.30. The highest BCUT2D eigenvalue weighted by Gasteiger charge is 2.32. The molecule has 1 heterocycles. The Kier molecular flexibility index (Phi) is 2.58. The number of nitrogens with zero attached hydrogens (tertiary/aromatic N) is 2. The van der Waals surface area contributed by atoms with Crippen LogP contribution in [0.1, 0.15) is 0 Å². The second kappa shape index (κ2) is 3.29. The number of likely N-dealkylation sites (N-methyl/N-ethyl adjacent to an activating group) is 1. The van der Waals surface area contributed by atoms with Crippen LogP contribution in [-0.4, -0.2) is 51.2 Å². The Morgan fingerprint density at radius 3 is 2.82 bits per heavy atom. The summed E-state index contributed by atoms with van der Waals surface area (Å²) in [5.74, 6) is 0. The Bertz CT molecular complexity index is 166. The molecule has 1 fully saturated rings. The van der Waals surface area contributed by atoms with Gasteiger partial charge in [0.2, 0.25) is 0 Å². The van der Waals surface area contributed by atoms with Crippen molar-refractivity contribution in [1.29, 1.82) is 0 Å². The molecule has 0 aliphatic carbocycles. The van der Waals surface area contributed by atoms with Crippen molar-refractivity contribution in [3.63, 3.8) is 0 Å². The van der Waals surface area contributed by atoms with Crippen molar-refractivity contribution in [2.24, 2.45) is 0 Å². The normalized spacial score (nSPS) is 26.0. The van der Waals surface area contributed by atoms with E-state index >= 15 is 0 Å². The number of amides is 1. The lowest BCUT2D eigenvalue weighted by atomic mass is 10.3. The summed E-state index contributed by atoms with van der Waals surface area (Å²) in [6.45, 7) is 0.455. The van der Waals surface area contributed by atoms with Crippen molar-refractivity contribution in [3.05, 3.63) is 0 Å². The van der Waals surface area contributed by atoms with Crippen molar-refractivity contribution in [2.75, 3.05) is 20.2 Å². The minimum atomic E-state index is -1.00. The van der Waals surface area contributed by atoms with Gasteiger partial charge in [-0.15, -0.1) is 0 Å². The third-order valence-corrected chi connectivity index (χ3v) is 2.48. The summed E-state index contributed by atoms with van der Waals surface area (Å²) in [5.41, 5.74) is 0. The molecule has 6 heteroatoms. The lowest BCUT2D eigenvalue weighted by Gasteiger charge is -2.14. The standard InChI is InChI=1S/C5H10N2O3S/c1-6-2-4(3-8)7(11-6)5(9)10/h4,8H,2-3H2,1H3,(H,9,10)/t4-/m0/s1. The molecule has 1 saturated heterocycles. The van der Waals surface area contributed by atoms with Gasteiger partial charge in [-0.3, -0.25) is 0 Å². The van der Waals surface area contributed by atoms with E-state index in [1.165, 1.54) is 0 Å². The van der Waals surface area contributed by atoms with Gasteiger partial charge in [-0.05, 0) is 7.05 Å². The monoisotopic (exact) mass is 178 g/mol. The molecule has 1 amide bonds. The van der Waals surface area contributed by atoms with E-state index in [9.17, 15) is 4.79 Å². The summed E-state index contributed by atoms with van der Waals surface area (Å²) in [6, 6.07) is -0.289. The van der Waals surface area contributed by atoms with E-state index in [2.05, 4.69) is 0 Å². The third-order valence-electron chi connectivity index (χ3n) is 1.43. The zero-order chi connectivity index (χ0) is 8.43. The van der Waals surface area contributed by atoms with Crippen molar-refractivity contribution in [3.8, 4) is 0 Å². The summed E-state index contributed by atoms with van der Waals surface area (Å²) < 4.78 is 2.93. The van der Waals surface area contributed by atoms with Crippen LogP contribution < -0.4 is 0 Å². The molecule has 0 radical (unpaired) electrons. The Morgan fingerprint density at radius 1 is 1.82 bits per heavy atom. The molecule has 0 aromatic heterocycles. The van der Waals surface area contributed by atoms with Gasteiger partial charge in [0, 0.05) is 18.7 Å². The molecule has 1 rings (SSSR count). The summed E-state index contributed by atoms with van der Waals surface area (Å²) >= 11 is 1.11. The van der Waals surface area contributed by atoms with E-state index in [1.54, 1.807) is 11.4 Å². The number of carboxylic acid groups (broad SMARTS) is 1. The molecule has 11 heavy (non-hydrogen) atoms. The number of rotatable bonds is 1. The van der Waals surface area contributed by atoms with Gasteiger partial charge in [0.15, 0.2) is 0 Å². The predicted octanol–water partition coefficient (Wildman–Crippen LogP) is -0.164. The van der Waals surface area contributed by atoms with E-state index < -0.39 is 6.09 Å². The van der Waals surface area contributed by atoms with Crippen LogP contribution in [0.2, 0.25) is 0 Å². The number of hydrogen-bond acceptors (Lipinski definition) is 4. The van der Waals surface area contributed by atoms with Gasteiger partial charge < -0.3 is 10.2 Å². The van der Waals surface area contributed by atoms with Gasteiger partial charge in [0.1, 0.15) is 0 Å². The Hall–Kier alpha value is -0.460. The maximum absolute atomic E-state index is 10.5. The SMILES string of the molecule is CN1C[C@@H](CO)N(C(=O)O)S1. The summed E-state index contributed by atoms with van der Waals surface area (Å²) in [5, 5.41) is 17.4. The highest BCUT2D eigenvalue weighted by atomic mass is 32.2. The van der Waals surface area contributed by atoms with Crippen molar-refractivity contribution >= 4 is 18.2 Å². The van der Waals surface area contributed by atoms with Gasteiger partial charge in [-0.25, -0.2) is 13.4 Å². The Labute approximate surface area is 68.9 Å². The second-order valence-electron chi connectivity index (χ2n) is 2.34. The van der Waals surface area contributed by atoms with Crippen molar-refractivity contribution in [1.82, 2.24) is 8.61 Å². The quantitative estimate of drug-likeness (QED) is 0.546. The van der Waals surface area contributed by atoms with E-state index in [-0.39, 0.29) is 12.6 Å². The molecule has 0 aromatic carbocycles. The smallest absolute Gasteiger partial charge is 0.418 e. The molecule has 0 aromatic rings. The number of aliphatic hydroxyl groups is 1. The van der Waals surface area contributed by atoms with Crippen LogP contribution in [0.4, 0.5) is 4.79 Å². The fourth-order valence-corrected chi connectivity index (χ4v) is 1.82. The fourth-order valence-electron chi connectivity index (χ4n) is 0.944. The molecule has 1 aliphatic rings. The van der Waals surface area contributed by atoms with E-state index in [0.717, 1.165) is 16.4 Å². The van der Waals surface area contributed by atoms with E-state index in [0.29, 0.717) is 6.54 Å². The van der Waals surface area contributed by atoms with Crippen LogP contribution >= 0.6 is 12.1 Å². The minimum absolute atomic E-state index is 0.121. The first-order chi connectivity index (χ1) is 5.15. The summed E-state index contributed by atoms with van der Waals surface area (Å²) in [6.07, 6.45) is -1.00. The molecule has 0 unspecified atom stereocenters. The van der Waals surface area contributed by atoms with E-state index in [4.69, 9.17) is 10.2 Å². The maximum Gasteiger partial charge on any atom is 0.418 e. The molecular weight excluding hydrogens is 168 g/mol. The van der Waals surface area contributed by atoms with Crippen molar-refractivity contribution < 1.29 is 15.0 Å². The first-order valence-electron chi connectivity index (χ1n) is 3.17. The first-order valence-corrected chi connectivity index (χ1v) is 3.90. The molecule has 0 spiro atoms. The molecule has 0 bridgehead atoms. The maximum atomic E-state index is 10.5. The van der Waals surface area contributed by atoms with Gasteiger partial charge in [0.05, 0.1) is 12.6 Å². The number of aliphatic hydroxyl groups excluding tert-OH is 1. The van der Waals surface area contributed by atoms with Crippen LogP contribution in [0.3, 0.4) is 0 Å². The molecule has 1 aliphatic heterocycles. The van der Waals surface area contributed by atoms with Crippen LogP contribution in [-0.2, 0) is 0 Å². The second-order valence-corrected chi connectivity index (χ2v) is 3.52. The van der Waals surface area contributed by atoms with Crippen LogP contribution in [0.5, 0.6) is 0 Å². The van der Waals surface area contributed by atoms with E-state index in [1.807, 2.05) is 0 Å². The number of hydrogen-bond donors (Lipinski definition) is 2. The lowest BCUT2D eigenvalue weighted by molar-refractivity contribution is 0.148. The zero-order valence-electron chi connectivity index (χ0n) is 6.10. The highest BCUT2D eigenvalue weighted by Crippen LogP contribution is 2.26. The van der Waals surface area contributed by atoms with Gasteiger partial charge >= 0.3 is 6.09 Å². The third kappa shape index (κ3) is 1.76. The summed E-state index contributed by atoms with van der Waals surface area (Å²) in [4.78, 5) is 10.5. The fraction of sp³-hybridized carbons (Fsp3) is 0.800. The average molecular weight is 178 g/mol. The van der Waals surface area contributed by atoms with Crippen LogP contribution in [0, 0.1) is 0 Å². The van der Waals surface area contributed by atoms with Crippen LogP contribution in [0.25, 0.3) is 0 Å². The van der Waals surface area contributed by atoms with Gasteiger partial charge in [-0.1, -0.05) is 0 Å². The lowest BCUT2D eigenvalue weighted by Crippen LogP contribution is -2.34. The van der Waals surface area contributed by atoms with Crippen LogP contribution in [0.15, 0.2) is 0 Å². The Balaban J connectivity index is 2.57. The highest BCUT2D eigenvalue weighted by molar-refractivity contribution is 7.95. The molecule has 2 N–H and O–H groups in total. The topological polar surface area (TPSA) is 64.0 Å². The first kappa shape index (κ1) is 8.63. The van der Waals surface area contributed by atoms with Crippen molar-refractivity contribution in [2.45, 2.75) is 6.04 Å². The van der Waals surface area contributed by atoms with Gasteiger partial charge in [0.25, 0.3) is 0 Å². The minimum Gasteiger partial charge on any atom is -0.464 e. The van der Waals surface area contributed by atoms with Gasteiger partial charge in [-0.2, -0.15) is 0 Å².